The second-order valence-corrected chi connectivity index (χ2v) is 6.71. The molecule has 0 unspecified atom stereocenters. The van der Waals surface area contributed by atoms with Gasteiger partial charge in [0, 0.05) is 62.7 Å². The van der Waals surface area contributed by atoms with E-state index in [1.165, 1.54) is 19.1 Å². The molecule has 2 N–H and O–H groups in total. The van der Waals surface area contributed by atoms with Crippen LogP contribution in [0.15, 0.2) is 18.2 Å². The molecular weight excluding hydrogens is 351 g/mol. The van der Waals surface area contributed by atoms with Crippen molar-refractivity contribution in [3.8, 4) is 0 Å². The van der Waals surface area contributed by atoms with Crippen LogP contribution in [-0.4, -0.2) is 65.2 Å². The Bertz CT molecular complexity index is 884. The van der Waals surface area contributed by atoms with Gasteiger partial charge in [0.15, 0.2) is 0 Å². The molecule has 3 amide bonds. The molecule has 27 heavy (non-hydrogen) atoms. The fraction of sp³-hybridized carbons (Fsp3) is 0.421. The van der Waals surface area contributed by atoms with E-state index in [2.05, 4.69) is 10.3 Å². The molecule has 7 nitrogen and oxygen atoms in total. The van der Waals surface area contributed by atoms with E-state index < -0.39 is 5.82 Å². The van der Waals surface area contributed by atoms with Gasteiger partial charge >= 0.3 is 0 Å². The standard InChI is InChI=1S/C19H23FN4O3/c1-12-18(15-11-14(20)3-4-16(15)22-12)19(27)21-6-5-17(26)24-9-7-23(8-10-24)13(2)25/h3-4,11,22H,5-10H2,1-2H3,(H,21,27). The lowest BCUT2D eigenvalue weighted by molar-refractivity contribution is -0.138. The molecule has 8 heteroatoms. The highest BCUT2D eigenvalue weighted by Gasteiger charge is 2.22. The molecule has 0 aliphatic carbocycles. The lowest BCUT2D eigenvalue weighted by atomic mass is 10.1. The van der Waals surface area contributed by atoms with Crippen molar-refractivity contribution < 1.29 is 18.8 Å². The molecule has 2 aromatic rings. The third kappa shape index (κ3) is 4.10. The molecule has 0 spiro atoms. The number of aryl methyl sites for hydroxylation is 1. The molecule has 2 heterocycles. The number of nitrogens with one attached hydrogen (secondary N) is 2. The molecule has 0 radical (unpaired) electrons. The average molecular weight is 374 g/mol. The SMILES string of the molecule is CC(=O)N1CCN(C(=O)CCNC(=O)c2c(C)[nH]c3ccc(F)cc23)CC1. The maximum Gasteiger partial charge on any atom is 0.253 e. The molecule has 0 bridgehead atoms. The minimum absolute atomic E-state index is 0.0138. The number of carbonyl (C=O) groups is 3. The lowest BCUT2D eigenvalue weighted by Gasteiger charge is -2.34. The van der Waals surface area contributed by atoms with Crippen LogP contribution < -0.4 is 5.32 Å². The first-order valence-corrected chi connectivity index (χ1v) is 8.96. The molecule has 1 aliphatic heterocycles. The van der Waals surface area contributed by atoms with Gasteiger partial charge in [-0.15, -0.1) is 0 Å². The Morgan fingerprint density at radius 1 is 1.15 bits per heavy atom. The number of piperazine rings is 1. The van der Waals surface area contributed by atoms with Crippen LogP contribution in [0.1, 0.15) is 29.4 Å². The zero-order chi connectivity index (χ0) is 19.6. The number of rotatable bonds is 4. The Morgan fingerprint density at radius 3 is 2.48 bits per heavy atom. The molecule has 3 rings (SSSR count). The van der Waals surface area contributed by atoms with Crippen molar-refractivity contribution in [1.29, 1.82) is 0 Å². The van der Waals surface area contributed by atoms with Crippen LogP contribution in [0.2, 0.25) is 0 Å². The van der Waals surface area contributed by atoms with Crippen molar-refractivity contribution in [3.63, 3.8) is 0 Å². The second-order valence-electron chi connectivity index (χ2n) is 6.71. The Hall–Kier alpha value is -2.90. The third-order valence-corrected chi connectivity index (χ3v) is 4.88. The predicted octanol–water partition coefficient (Wildman–Crippen LogP) is 1.43. The normalized spacial score (nSPS) is 14.5. The Balaban J connectivity index is 1.54. The molecule has 0 atom stereocenters. The summed E-state index contributed by atoms with van der Waals surface area (Å²) < 4.78 is 13.5. The Labute approximate surface area is 156 Å². The first-order chi connectivity index (χ1) is 12.9. The van der Waals surface area contributed by atoms with Crippen molar-refractivity contribution in [3.05, 3.63) is 35.3 Å². The van der Waals surface area contributed by atoms with Gasteiger partial charge in [0.1, 0.15) is 5.82 Å². The molecule has 1 fully saturated rings. The highest BCUT2D eigenvalue weighted by atomic mass is 19.1. The van der Waals surface area contributed by atoms with E-state index in [4.69, 9.17) is 0 Å². The topological polar surface area (TPSA) is 85.5 Å². The van der Waals surface area contributed by atoms with Crippen molar-refractivity contribution >= 4 is 28.6 Å². The highest BCUT2D eigenvalue weighted by Crippen LogP contribution is 2.23. The van der Waals surface area contributed by atoms with Gasteiger partial charge in [-0.3, -0.25) is 14.4 Å². The summed E-state index contributed by atoms with van der Waals surface area (Å²) in [5, 5.41) is 3.27. The maximum atomic E-state index is 13.5. The number of amides is 3. The summed E-state index contributed by atoms with van der Waals surface area (Å²) in [6, 6.07) is 4.26. The lowest BCUT2D eigenvalue weighted by Crippen LogP contribution is -2.50. The number of carbonyl (C=O) groups excluding carboxylic acids is 3. The fourth-order valence-electron chi connectivity index (χ4n) is 3.39. The van der Waals surface area contributed by atoms with E-state index in [0.717, 1.165) is 0 Å². The number of hydrogen-bond donors (Lipinski definition) is 2. The Morgan fingerprint density at radius 2 is 1.81 bits per heavy atom. The van der Waals surface area contributed by atoms with Crippen LogP contribution in [0.5, 0.6) is 0 Å². The van der Waals surface area contributed by atoms with E-state index in [-0.39, 0.29) is 30.7 Å². The monoisotopic (exact) mass is 374 g/mol. The summed E-state index contributed by atoms with van der Waals surface area (Å²) in [6.07, 6.45) is 0.182. The zero-order valence-corrected chi connectivity index (χ0v) is 15.5. The first-order valence-electron chi connectivity index (χ1n) is 8.96. The minimum Gasteiger partial charge on any atom is -0.358 e. The van der Waals surface area contributed by atoms with Crippen LogP contribution in [0.25, 0.3) is 10.9 Å². The molecular formula is C19H23FN4O3. The van der Waals surface area contributed by atoms with Crippen molar-refractivity contribution in [2.24, 2.45) is 0 Å². The van der Waals surface area contributed by atoms with Crippen LogP contribution in [0.3, 0.4) is 0 Å². The van der Waals surface area contributed by atoms with Crippen LogP contribution >= 0.6 is 0 Å². The van der Waals surface area contributed by atoms with E-state index in [9.17, 15) is 18.8 Å². The number of aromatic nitrogens is 1. The largest absolute Gasteiger partial charge is 0.358 e. The Kier molecular flexibility index (Phi) is 5.43. The summed E-state index contributed by atoms with van der Waals surface area (Å²) in [7, 11) is 0. The molecule has 1 aromatic carbocycles. The van der Waals surface area contributed by atoms with E-state index in [1.807, 2.05) is 0 Å². The molecule has 144 valence electrons. The summed E-state index contributed by atoms with van der Waals surface area (Å²) in [6.45, 7) is 5.56. The van der Waals surface area contributed by atoms with Crippen LogP contribution in [0, 0.1) is 12.7 Å². The van der Waals surface area contributed by atoms with Crippen LogP contribution in [-0.2, 0) is 9.59 Å². The number of aromatic amines is 1. The predicted molar refractivity (Wildman–Crippen MR) is 98.8 cm³/mol. The number of benzene rings is 1. The number of halogens is 1. The molecule has 0 saturated carbocycles. The van der Waals surface area contributed by atoms with Gasteiger partial charge in [-0.2, -0.15) is 0 Å². The zero-order valence-electron chi connectivity index (χ0n) is 15.5. The van der Waals surface area contributed by atoms with Crippen LogP contribution in [0.4, 0.5) is 4.39 Å². The minimum atomic E-state index is -0.407. The summed E-state index contributed by atoms with van der Waals surface area (Å²) in [4.78, 5) is 42.6. The smallest absolute Gasteiger partial charge is 0.253 e. The molecule has 1 saturated heterocycles. The summed E-state index contributed by atoms with van der Waals surface area (Å²) >= 11 is 0. The van der Waals surface area contributed by atoms with Gasteiger partial charge in [-0.05, 0) is 25.1 Å². The van der Waals surface area contributed by atoms with E-state index in [1.54, 1.807) is 22.8 Å². The number of nitrogens with zero attached hydrogens (tertiary/aromatic N) is 2. The third-order valence-electron chi connectivity index (χ3n) is 4.88. The van der Waals surface area contributed by atoms with Gasteiger partial charge in [0.2, 0.25) is 11.8 Å². The van der Waals surface area contributed by atoms with Crippen molar-refractivity contribution in [1.82, 2.24) is 20.1 Å². The van der Waals surface area contributed by atoms with Crippen molar-refractivity contribution in [2.45, 2.75) is 20.3 Å². The first kappa shape index (κ1) is 18.9. The molecule has 1 aromatic heterocycles. The maximum absolute atomic E-state index is 13.5. The van der Waals surface area contributed by atoms with E-state index in [0.29, 0.717) is 48.3 Å². The molecule has 1 aliphatic rings. The number of hydrogen-bond acceptors (Lipinski definition) is 3. The van der Waals surface area contributed by atoms with Gasteiger partial charge in [-0.1, -0.05) is 0 Å². The fourth-order valence-corrected chi connectivity index (χ4v) is 3.39. The quantitative estimate of drug-likeness (QED) is 0.849. The van der Waals surface area contributed by atoms with E-state index >= 15 is 0 Å². The van der Waals surface area contributed by atoms with Gasteiger partial charge in [0.25, 0.3) is 5.91 Å². The number of fused-ring (bicyclic) bond motifs is 1. The second kappa shape index (κ2) is 7.77. The van der Waals surface area contributed by atoms with Gasteiger partial charge in [-0.25, -0.2) is 4.39 Å². The highest BCUT2D eigenvalue weighted by molar-refractivity contribution is 6.08. The summed E-state index contributed by atoms with van der Waals surface area (Å²) in [5.74, 6) is -0.783. The van der Waals surface area contributed by atoms with Gasteiger partial charge < -0.3 is 20.1 Å². The average Bonchev–Trinajstić information content (AvgIpc) is 2.96. The van der Waals surface area contributed by atoms with Gasteiger partial charge in [0.05, 0.1) is 5.56 Å². The van der Waals surface area contributed by atoms with Crippen molar-refractivity contribution in [2.75, 3.05) is 32.7 Å². The summed E-state index contributed by atoms with van der Waals surface area (Å²) in [5.41, 5.74) is 1.74. The number of H-pyrrole nitrogens is 1.